The summed E-state index contributed by atoms with van der Waals surface area (Å²) in [5.41, 5.74) is 6.85. The van der Waals surface area contributed by atoms with Gasteiger partial charge in [0.15, 0.2) is 0 Å². The van der Waals surface area contributed by atoms with E-state index in [1.807, 2.05) is 16.2 Å². The van der Waals surface area contributed by atoms with Crippen LogP contribution in [0, 0.1) is 11.8 Å². The van der Waals surface area contributed by atoms with Gasteiger partial charge in [-0.15, -0.1) is 11.3 Å². The van der Waals surface area contributed by atoms with Crippen molar-refractivity contribution in [2.45, 2.75) is 38.1 Å². The third kappa shape index (κ3) is 3.09. The smallest absolute Gasteiger partial charge is 0.236 e. The first-order chi connectivity index (χ1) is 11.6. The molecule has 0 spiro atoms. The Hall–Kier alpha value is -1.40. The molecule has 1 atom stereocenters. The van der Waals surface area contributed by atoms with E-state index in [-0.39, 0.29) is 17.7 Å². The summed E-state index contributed by atoms with van der Waals surface area (Å²) in [5, 5.41) is 2.19. The highest BCUT2D eigenvalue weighted by Crippen LogP contribution is 2.48. The Morgan fingerprint density at radius 2 is 1.92 bits per heavy atom. The van der Waals surface area contributed by atoms with Gasteiger partial charge in [0.1, 0.15) is 0 Å². The van der Waals surface area contributed by atoms with E-state index in [0.29, 0.717) is 38.5 Å². The number of nitrogens with two attached hydrogens (primary N) is 1. The van der Waals surface area contributed by atoms with Crippen molar-refractivity contribution < 1.29 is 9.59 Å². The molecule has 2 aliphatic heterocycles. The number of nitrogens with zero attached hydrogens (tertiary/aromatic N) is 2. The highest BCUT2D eigenvalue weighted by atomic mass is 32.1. The van der Waals surface area contributed by atoms with Gasteiger partial charge >= 0.3 is 0 Å². The van der Waals surface area contributed by atoms with Gasteiger partial charge < -0.3 is 10.6 Å². The molecule has 3 aliphatic rings. The number of fused-ring (bicyclic) bond motifs is 1. The number of thiophene rings is 1. The van der Waals surface area contributed by atoms with Gasteiger partial charge in [-0.05, 0) is 55.0 Å². The quantitative estimate of drug-likeness (QED) is 0.903. The molecular formula is C18H25N3O2S. The number of likely N-dealkylation sites (tertiary alicyclic amines) is 1. The molecule has 1 saturated carbocycles. The predicted octanol–water partition coefficient (Wildman–Crippen LogP) is 1.78. The molecule has 3 heterocycles. The van der Waals surface area contributed by atoms with Crippen molar-refractivity contribution in [3.8, 4) is 0 Å². The first-order valence-corrected chi connectivity index (χ1v) is 9.89. The highest BCUT2D eigenvalue weighted by molar-refractivity contribution is 7.10. The molecule has 4 rings (SSSR count). The zero-order chi connectivity index (χ0) is 16.7. The van der Waals surface area contributed by atoms with Crippen molar-refractivity contribution in [2.24, 2.45) is 17.6 Å². The van der Waals surface area contributed by atoms with Crippen LogP contribution in [0.5, 0.6) is 0 Å². The van der Waals surface area contributed by atoms with Crippen LogP contribution in [0.2, 0.25) is 0 Å². The van der Waals surface area contributed by atoms with Crippen molar-refractivity contribution in [1.29, 1.82) is 0 Å². The van der Waals surface area contributed by atoms with E-state index >= 15 is 0 Å². The van der Waals surface area contributed by atoms with Crippen LogP contribution in [0.4, 0.5) is 0 Å². The summed E-state index contributed by atoms with van der Waals surface area (Å²) in [5.74, 6) is 0.655. The fourth-order valence-corrected chi connectivity index (χ4v) is 5.14. The van der Waals surface area contributed by atoms with E-state index in [1.165, 1.54) is 23.3 Å². The molecule has 0 unspecified atom stereocenters. The number of carbonyl (C=O) groups excluding carboxylic acids is 2. The molecule has 0 radical (unpaired) electrons. The second kappa shape index (κ2) is 6.48. The molecule has 5 nitrogen and oxygen atoms in total. The van der Waals surface area contributed by atoms with E-state index in [9.17, 15) is 9.59 Å². The molecule has 6 heteroatoms. The predicted molar refractivity (Wildman–Crippen MR) is 93.6 cm³/mol. The first-order valence-electron chi connectivity index (χ1n) is 9.01. The van der Waals surface area contributed by atoms with Crippen molar-refractivity contribution in [3.63, 3.8) is 0 Å². The first kappa shape index (κ1) is 16.1. The topological polar surface area (TPSA) is 66.6 Å². The molecule has 130 valence electrons. The summed E-state index contributed by atoms with van der Waals surface area (Å²) in [6, 6.07) is 2.70. The average molecular weight is 347 g/mol. The number of rotatable bonds is 4. The number of primary amides is 1. The summed E-state index contributed by atoms with van der Waals surface area (Å²) < 4.78 is 0. The third-order valence-electron chi connectivity index (χ3n) is 5.77. The average Bonchev–Trinajstić information content (AvgIpc) is 3.31. The summed E-state index contributed by atoms with van der Waals surface area (Å²) in [4.78, 5) is 29.9. The van der Waals surface area contributed by atoms with Gasteiger partial charge in [-0.2, -0.15) is 0 Å². The van der Waals surface area contributed by atoms with Gasteiger partial charge in [-0.1, -0.05) is 0 Å². The van der Waals surface area contributed by atoms with E-state index in [0.717, 1.165) is 18.9 Å². The molecule has 1 saturated heterocycles. The van der Waals surface area contributed by atoms with Crippen LogP contribution in [0.3, 0.4) is 0 Å². The lowest BCUT2D eigenvalue weighted by Gasteiger charge is -2.38. The standard InChI is InChI=1S/C18H25N3O2S/c19-18(23)13-3-7-20(8-4-13)16(22)11-21-9-5-15-14(6-10-24-15)17(21)12-1-2-12/h6,10,12-13,17H,1-5,7-9,11H2,(H2,19,23)/t17-/m0/s1. The van der Waals surface area contributed by atoms with Gasteiger partial charge in [-0.25, -0.2) is 0 Å². The Morgan fingerprint density at radius 1 is 1.17 bits per heavy atom. The zero-order valence-electron chi connectivity index (χ0n) is 13.9. The minimum absolute atomic E-state index is 0.0587. The Bertz CT molecular complexity index is 632. The summed E-state index contributed by atoms with van der Waals surface area (Å²) >= 11 is 1.86. The number of piperidine rings is 1. The minimum Gasteiger partial charge on any atom is -0.369 e. The normalized spacial score (nSPS) is 25.5. The van der Waals surface area contributed by atoms with Gasteiger partial charge in [0, 0.05) is 36.5 Å². The minimum atomic E-state index is -0.225. The number of amides is 2. The fourth-order valence-electron chi connectivity index (χ4n) is 4.23. The van der Waals surface area contributed by atoms with E-state index in [2.05, 4.69) is 16.3 Å². The lowest BCUT2D eigenvalue weighted by molar-refractivity contribution is -0.136. The molecule has 1 aromatic rings. The van der Waals surface area contributed by atoms with Crippen molar-refractivity contribution in [3.05, 3.63) is 21.9 Å². The van der Waals surface area contributed by atoms with Gasteiger partial charge in [0.2, 0.25) is 11.8 Å². The second-order valence-electron chi connectivity index (χ2n) is 7.36. The Kier molecular flexibility index (Phi) is 4.35. The molecule has 1 aliphatic carbocycles. The van der Waals surface area contributed by atoms with E-state index < -0.39 is 0 Å². The molecule has 1 aromatic heterocycles. The summed E-state index contributed by atoms with van der Waals surface area (Å²) in [7, 11) is 0. The maximum Gasteiger partial charge on any atom is 0.236 e. The van der Waals surface area contributed by atoms with Crippen LogP contribution in [-0.2, 0) is 16.0 Å². The molecule has 24 heavy (non-hydrogen) atoms. The Balaban J connectivity index is 1.40. The van der Waals surface area contributed by atoms with Gasteiger partial charge in [0.05, 0.1) is 6.54 Å². The van der Waals surface area contributed by atoms with Crippen LogP contribution < -0.4 is 5.73 Å². The molecule has 2 N–H and O–H groups in total. The van der Waals surface area contributed by atoms with E-state index in [1.54, 1.807) is 0 Å². The lowest BCUT2D eigenvalue weighted by Crippen LogP contribution is -2.48. The van der Waals surface area contributed by atoms with Crippen LogP contribution in [0.25, 0.3) is 0 Å². The van der Waals surface area contributed by atoms with E-state index in [4.69, 9.17) is 5.73 Å². The van der Waals surface area contributed by atoms with Crippen molar-refractivity contribution >= 4 is 23.2 Å². The molecule has 0 bridgehead atoms. The van der Waals surface area contributed by atoms with Crippen molar-refractivity contribution in [1.82, 2.24) is 9.80 Å². The molecule has 0 aromatic carbocycles. The van der Waals surface area contributed by atoms with Crippen LogP contribution >= 0.6 is 11.3 Å². The Labute approximate surface area is 146 Å². The van der Waals surface area contributed by atoms with Gasteiger partial charge in [-0.3, -0.25) is 14.5 Å². The lowest BCUT2D eigenvalue weighted by atomic mass is 9.95. The van der Waals surface area contributed by atoms with Crippen LogP contribution in [0.1, 0.15) is 42.2 Å². The number of carbonyl (C=O) groups is 2. The SMILES string of the molecule is NC(=O)C1CCN(C(=O)CN2CCc3sccc3[C@@H]2C2CC2)CC1. The molecular weight excluding hydrogens is 322 g/mol. The molecule has 2 fully saturated rings. The monoisotopic (exact) mass is 347 g/mol. The fraction of sp³-hybridized carbons (Fsp3) is 0.667. The van der Waals surface area contributed by atoms with Gasteiger partial charge in [0.25, 0.3) is 0 Å². The third-order valence-corrected chi connectivity index (χ3v) is 6.77. The number of hydrogen-bond donors (Lipinski definition) is 1. The summed E-state index contributed by atoms with van der Waals surface area (Å²) in [6.45, 7) is 2.83. The second-order valence-corrected chi connectivity index (χ2v) is 8.36. The molecule has 2 amide bonds. The largest absolute Gasteiger partial charge is 0.369 e. The van der Waals surface area contributed by atoms with Crippen LogP contribution in [-0.4, -0.2) is 47.8 Å². The zero-order valence-corrected chi connectivity index (χ0v) is 14.8. The van der Waals surface area contributed by atoms with Crippen molar-refractivity contribution in [2.75, 3.05) is 26.2 Å². The maximum atomic E-state index is 12.8. The summed E-state index contributed by atoms with van der Waals surface area (Å²) in [6.07, 6.45) is 5.06. The van der Waals surface area contributed by atoms with Crippen LogP contribution in [0.15, 0.2) is 11.4 Å². The Morgan fingerprint density at radius 3 is 2.58 bits per heavy atom. The highest BCUT2D eigenvalue weighted by Gasteiger charge is 2.41. The maximum absolute atomic E-state index is 12.8. The number of hydrogen-bond acceptors (Lipinski definition) is 4.